The van der Waals surface area contributed by atoms with Crippen molar-refractivity contribution in [3.8, 4) is 22.5 Å². The molecule has 214 valence electrons. The zero-order valence-electron chi connectivity index (χ0n) is 24.6. The summed E-state index contributed by atoms with van der Waals surface area (Å²) in [4.78, 5) is 34.9. The first kappa shape index (κ1) is 29.4. The third kappa shape index (κ3) is 6.83. The fraction of sp³-hybridized carbons (Fsp3) is 0.235. The van der Waals surface area contributed by atoms with Gasteiger partial charge in [0, 0.05) is 33.0 Å². The van der Waals surface area contributed by atoms with Gasteiger partial charge in [0.05, 0.1) is 11.4 Å². The van der Waals surface area contributed by atoms with Gasteiger partial charge in [0.1, 0.15) is 0 Å². The molecule has 5 aromatic rings. The molecule has 2 N–H and O–H groups in total. The van der Waals surface area contributed by atoms with Gasteiger partial charge in [-0.05, 0) is 46.2 Å². The number of amides is 2. The largest absolute Gasteiger partial charge is 0.298 e. The summed E-state index contributed by atoms with van der Waals surface area (Å²) in [5, 5.41) is 10.6. The van der Waals surface area contributed by atoms with E-state index in [1.807, 2.05) is 10.8 Å². The summed E-state index contributed by atoms with van der Waals surface area (Å²) in [7, 11) is 0. The third-order valence-corrected chi connectivity index (χ3v) is 8.47. The highest BCUT2D eigenvalue weighted by Gasteiger charge is 2.17. The van der Waals surface area contributed by atoms with Crippen molar-refractivity contribution in [2.75, 3.05) is 10.6 Å². The summed E-state index contributed by atoms with van der Waals surface area (Å²) < 4.78 is 0. The number of thiazole rings is 2. The van der Waals surface area contributed by atoms with E-state index in [4.69, 9.17) is 0 Å². The van der Waals surface area contributed by atoms with Crippen LogP contribution in [-0.4, -0.2) is 21.8 Å². The second kappa shape index (κ2) is 11.6. The molecule has 0 radical (unpaired) electrons. The number of benzene rings is 3. The molecule has 0 atom stereocenters. The molecule has 0 aliphatic carbocycles. The Morgan fingerprint density at radius 3 is 1.19 bits per heavy atom. The lowest BCUT2D eigenvalue weighted by Gasteiger charge is -2.18. The van der Waals surface area contributed by atoms with Gasteiger partial charge in [-0.15, -0.1) is 22.7 Å². The van der Waals surface area contributed by atoms with E-state index in [9.17, 15) is 9.59 Å². The Morgan fingerprint density at radius 2 is 0.881 bits per heavy atom. The molecule has 2 aromatic heterocycles. The fourth-order valence-corrected chi connectivity index (χ4v) is 5.75. The van der Waals surface area contributed by atoms with Gasteiger partial charge in [-0.3, -0.25) is 20.2 Å². The zero-order chi connectivity index (χ0) is 30.1. The van der Waals surface area contributed by atoms with Gasteiger partial charge in [0.15, 0.2) is 10.3 Å². The third-order valence-electron chi connectivity index (χ3n) is 6.95. The SMILES string of the molecule is CC(C)(C)c1ccc(-c2csc(NC(=O)c3ccc(C(=O)Nc4nc(-c5ccc(C(C)(C)C)cc5)cs4)cc3)n2)cc1. The molecular formula is C34H34N4O2S2. The van der Waals surface area contributed by atoms with E-state index >= 15 is 0 Å². The van der Waals surface area contributed by atoms with Crippen molar-refractivity contribution in [1.29, 1.82) is 0 Å². The predicted octanol–water partition coefficient (Wildman–Crippen LogP) is 9.03. The topological polar surface area (TPSA) is 84.0 Å². The number of hydrogen-bond acceptors (Lipinski definition) is 6. The van der Waals surface area contributed by atoms with E-state index in [0.717, 1.165) is 22.5 Å². The van der Waals surface area contributed by atoms with Crippen LogP contribution in [-0.2, 0) is 10.8 Å². The molecule has 0 saturated carbocycles. The minimum absolute atomic E-state index is 0.0830. The number of nitrogens with zero attached hydrogens (tertiary/aromatic N) is 2. The number of rotatable bonds is 6. The van der Waals surface area contributed by atoms with Crippen molar-refractivity contribution in [3.05, 3.63) is 106 Å². The molecule has 0 bridgehead atoms. The highest BCUT2D eigenvalue weighted by molar-refractivity contribution is 7.14. The Kier molecular flexibility index (Phi) is 8.12. The monoisotopic (exact) mass is 594 g/mol. The Bertz CT molecular complexity index is 1570. The zero-order valence-corrected chi connectivity index (χ0v) is 26.2. The molecule has 5 rings (SSSR count). The number of nitrogens with one attached hydrogen (secondary N) is 2. The van der Waals surface area contributed by atoms with Crippen LogP contribution in [0.1, 0.15) is 73.4 Å². The maximum Gasteiger partial charge on any atom is 0.257 e. The number of carbonyl (C=O) groups is 2. The lowest BCUT2D eigenvalue weighted by Crippen LogP contribution is -2.14. The molecule has 0 aliphatic rings. The average molecular weight is 595 g/mol. The van der Waals surface area contributed by atoms with Gasteiger partial charge >= 0.3 is 0 Å². The van der Waals surface area contributed by atoms with Crippen LogP contribution in [0.4, 0.5) is 10.3 Å². The second-order valence-electron chi connectivity index (χ2n) is 12.2. The van der Waals surface area contributed by atoms with Gasteiger partial charge in [0.2, 0.25) is 0 Å². The predicted molar refractivity (Wildman–Crippen MR) is 175 cm³/mol. The average Bonchev–Trinajstić information content (AvgIpc) is 3.62. The molecule has 3 aromatic carbocycles. The molecule has 0 spiro atoms. The molecule has 42 heavy (non-hydrogen) atoms. The second-order valence-corrected chi connectivity index (χ2v) is 13.9. The van der Waals surface area contributed by atoms with Crippen LogP contribution in [0.3, 0.4) is 0 Å². The Hall–Kier alpha value is -4.14. The van der Waals surface area contributed by atoms with Crippen molar-refractivity contribution < 1.29 is 9.59 Å². The van der Waals surface area contributed by atoms with E-state index in [2.05, 4.69) is 111 Å². The maximum atomic E-state index is 12.8. The highest BCUT2D eigenvalue weighted by Crippen LogP contribution is 2.30. The maximum absolute atomic E-state index is 12.8. The smallest absolute Gasteiger partial charge is 0.257 e. The number of carbonyl (C=O) groups excluding carboxylic acids is 2. The van der Waals surface area contributed by atoms with E-state index in [1.165, 1.54) is 33.8 Å². The van der Waals surface area contributed by atoms with E-state index in [-0.39, 0.29) is 22.6 Å². The first-order valence-corrected chi connectivity index (χ1v) is 15.5. The summed E-state index contributed by atoms with van der Waals surface area (Å²) in [5.41, 5.74) is 7.18. The lowest BCUT2D eigenvalue weighted by molar-refractivity contribution is 0.101. The van der Waals surface area contributed by atoms with Crippen LogP contribution in [0.15, 0.2) is 83.6 Å². The van der Waals surface area contributed by atoms with Crippen molar-refractivity contribution in [2.24, 2.45) is 0 Å². The molecule has 0 fully saturated rings. The summed E-state index contributed by atoms with van der Waals surface area (Å²) in [6.07, 6.45) is 0. The standard InChI is InChI=1S/C34H34N4O2S2/c1-33(2,3)25-15-11-21(12-16-25)27-19-41-31(35-27)37-29(39)23-7-9-24(10-8-23)30(40)38-32-36-28(20-42-32)22-13-17-26(18-14-22)34(4,5)6/h7-20H,1-6H3,(H,35,37,39)(H,36,38,40). The van der Waals surface area contributed by atoms with Crippen LogP contribution < -0.4 is 10.6 Å². The summed E-state index contributed by atoms with van der Waals surface area (Å²) in [5.74, 6) is -0.569. The number of hydrogen-bond donors (Lipinski definition) is 2. The Balaban J connectivity index is 1.18. The van der Waals surface area contributed by atoms with E-state index in [1.54, 1.807) is 24.3 Å². The molecule has 2 amide bonds. The Morgan fingerprint density at radius 1 is 0.548 bits per heavy atom. The minimum atomic E-state index is -0.284. The van der Waals surface area contributed by atoms with Crippen LogP contribution in [0.5, 0.6) is 0 Å². The summed E-state index contributed by atoms with van der Waals surface area (Å²) in [6, 6.07) is 23.2. The number of aromatic nitrogens is 2. The van der Waals surface area contributed by atoms with Gasteiger partial charge in [-0.25, -0.2) is 9.97 Å². The van der Waals surface area contributed by atoms with Crippen LogP contribution in [0, 0.1) is 0 Å². The minimum Gasteiger partial charge on any atom is -0.298 e. The van der Waals surface area contributed by atoms with Crippen molar-refractivity contribution in [3.63, 3.8) is 0 Å². The first-order valence-electron chi connectivity index (χ1n) is 13.7. The summed E-state index contributed by atoms with van der Waals surface area (Å²) >= 11 is 2.75. The van der Waals surface area contributed by atoms with Crippen LogP contribution >= 0.6 is 22.7 Å². The molecule has 6 nitrogen and oxygen atoms in total. The Labute approximate surface area is 254 Å². The lowest BCUT2D eigenvalue weighted by atomic mass is 9.86. The van der Waals surface area contributed by atoms with Crippen molar-refractivity contribution in [1.82, 2.24) is 9.97 Å². The normalized spacial score (nSPS) is 11.8. The van der Waals surface area contributed by atoms with Gasteiger partial charge in [-0.1, -0.05) is 90.1 Å². The van der Waals surface area contributed by atoms with Crippen LogP contribution in [0.25, 0.3) is 22.5 Å². The molecular weight excluding hydrogens is 561 g/mol. The van der Waals surface area contributed by atoms with Crippen LogP contribution in [0.2, 0.25) is 0 Å². The van der Waals surface area contributed by atoms with Gasteiger partial charge in [-0.2, -0.15) is 0 Å². The number of anilines is 2. The fourth-order valence-electron chi connectivity index (χ4n) is 4.32. The van der Waals surface area contributed by atoms with Crippen molar-refractivity contribution >= 4 is 44.8 Å². The highest BCUT2D eigenvalue weighted by atomic mass is 32.1. The van der Waals surface area contributed by atoms with Gasteiger partial charge < -0.3 is 0 Å². The molecule has 8 heteroatoms. The van der Waals surface area contributed by atoms with E-state index < -0.39 is 0 Å². The molecule has 0 aliphatic heterocycles. The van der Waals surface area contributed by atoms with Crippen molar-refractivity contribution in [2.45, 2.75) is 52.4 Å². The first-order chi connectivity index (χ1) is 19.9. The molecule has 0 unspecified atom stereocenters. The van der Waals surface area contributed by atoms with E-state index in [0.29, 0.717) is 21.4 Å². The van der Waals surface area contributed by atoms with Gasteiger partial charge in [0.25, 0.3) is 11.8 Å². The molecule has 2 heterocycles. The molecule has 0 saturated heterocycles. The summed E-state index contributed by atoms with van der Waals surface area (Å²) in [6.45, 7) is 13.1. The quantitative estimate of drug-likeness (QED) is 0.205.